The van der Waals surface area contributed by atoms with Crippen LogP contribution >= 0.6 is 0 Å². The van der Waals surface area contributed by atoms with E-state index in [0.29, 0.717) is 34.6 Å². The maximum atomic E-state index is 8.57. The fraction of sp³-hybridized carbons (Fsp3) is 0.235. The molecule has 0 amide bonds. The number of aromatic nitrogens is 3. The zero-order valence-electron chi connectivity index (χ0n) is 12.6. The van der Waals surface area contributed by atoms with Gasteiger partial charge in [0.25, 0.3) is 0 Å². The maximum Gasteiger partial charge on any atom is 0.141 e. The summed E-state index contributed by atoms with van der Waals surface area (Å²) in [6.07, 6.45) is 4.93. The molecule has 1 aromatic carbocycles. The fourth-order valence-corrected chi connectivity index (χ4v) is 2.84. The second-order valence-corrected chi connectivity index (χ2v) is 5.90. The highest BCUT2D eigenvalue weighted by molar-refractivity contribution is 6.16. The highest BCUT2D eigenvalue weighted by Crippen LogP contribution is 2.27. The summed E-state index contributed by atoms with van der Waals surface area (Å²) in [6, 6.07) is 10.3. The molecule has 116 valence electrons. The average Bonchev–Trinajstić information content (AvgIpc) is 2.94. The zero-order chi connectivity index (χ0) is 15.8. The van der Waals surface area contributed by atoms with Gasteiger partial charge in [-0.05, 0) is 31.4 Å². The van der Waals surface area contributed by atoms with E-state index in [2.05, 4.69) is 20.3 Å². The monoisotopic (exact) mass is 306 g/mol. The zero-order valence-corrected chi connectivity index (χ0v) is 12.6. The summed E-state index contributed by atoms with van der Waals surface area (Å²) in [5.74, 6) is 0.969. The number of rotatable bonds is 4. The van der Waals surface area contributed by atoms with Gasteiger partial charge in [0.15, 0.2) is 0 Å². The van der Waals surface area contributed by atoms with Crippen molar-refractivity contribution in [2.75, 3.05) is 11.1 Å². The Labute approximate surface area is 133 Å². The van der Waals surface area contributed by atoms with Crippen molar-refractivity contribution in [2.24, 2.45) is 0 Å². The van der Waals surface area contributed by atoms with Gasteiger partial charge in [0.05, 0.1) is 17.0 Å². The molecule has 0 aliphatic heterocycles. The number of fused-ring (bicyclic) bond motifs is 1. The van der Waals surface area contributed by atoms with Crippen molar-refractivity contribution in [3.05, 3.63) is 47.9 Å². The van der Waals surface area contributed by atoms with E-state index in [-0.39, 0.29) is 0 Å². The molecule has 1 fully saturated rings. The Morgan fingerprint density at radius 2 is 2.09 bits per heavy atom. The third kappa shape index (κ3) is 2.42. The fourth-order valence-electron chi connectivity index (χ4n) is 2.84. The Morgan fingerprint density at radius 3 is 2.83 bits per heavy atom. The number of benzene rings is 1. The Morgan fingerprint density at radius 1 is 1.26 bits per heavy atom. The van der Waals surface area contributed by atoms with E-state index in [4.69, 9.17) is 11.1 Å². The second-order valence-electron chi connectivity index (χ2n) is 5.90. The lowest BCUT2D eigenvalue weighted by molar-refractivity contribution is 0.444. The molecule has 0 radical (unpaired) electrons. The van der Waals surface area contributed by atoms with Crippen LogP contribution in [0.1, 0.15) is 30.5 Å². The SMILES string of the molecule is N=C(c1cc2ccccc2[nH]1)c1c(N)ncnc1NC1CCC1. The summed E-state index contributed by atoms with van der Waals surface area (Å²) in [5, 5.41) is 13.0. The van der Waals surface area contributed by atoms with Gasteiger partial charge in [0.1, 0.15) is 18.0 Å². The van der Waals surface area contributed by atoms with Gasteiger partial charge in [-0.2, -0.15) is 0 Å². The number of para-hydroxylation sites is 1. The van der Waals surface area contributed by atoms with Crippen LogP contribution in [0.15, 0.2) is 36.7 Å². The maximum absolute atomic E-state index is 8.57. The number of nitrogens with zero attached hydrogens (tertiary/aromatic N) is 2. The van der Waals surface area contributed by atoms with Gasteiger partial charge >= 0.3 is 0 Å². The standard InChI is InChI=1S/C17H18N6/c18-15(13-8-10-4-1-2-7-12(10)23-13)14-16(19)20-9-21-17(14)22-11-5-3-6-11/h1-2,4,7-9,11,18,23H,3,5-6H2,(H3,19,20,21,22). The Hall–Kier alpha value is -2.89. The molecule has 5 N–H and O–H groups in total. The normalized spacial score (nSPS) is 14.6. The molecule has 0 saturated heterocycles. The number of nitrogens with two attached hydrogens (primary N) is 1. The van der Waals surface area contributed by atoms with Gasteiger partial charge in [0, 0.05) is 16.9 Å². The predicted octanol–water partition coefficient (Wildman–Crippen LogP) is 2.92. The third-order valence-corrected chi connectivity index (χ3v) is 4.37. The van der Waals surface area contributed by atoms with Crippen LogP contribution in [0.3, 0.4) is 0 Å². The van der Waals surface area contributed by atoms with Crippen molar-refractivity contribution in [1.82, 2.24) is 15.0 Å². The minimum atomic E-state index is 0.307. The van der Waals surface area contributed by atoms with Crippen LogP contribution in [-0.2, 0) is 0 Å². The van der Waals surface area contributed by atoms with Gasteiger partial charge in [-0.25, -0.2) is 9.97 Å². The van der Waals surface area contributed by atoms with Crippen LogP contribution in [0.5, 0.6) is 0 Å². The van der Waals surface area contributed by atoms with E-state index in [1.165, 1.54) is 12.7 Å². The first-order valence-corrected chi connectivity index (χ1v) is 7.76. The van der Waals surface area contributed by atoms with Crippen LogP contribution in [0, 0.1) is 5.41 Å². The van der Waals surface area contributed by atoms with Crippen LogP contribution in [0.4, 0.5) is 11.6 Å². The van der Waals surface area contributed by atoms with Crippen molar-refractivity contribution in [3.8, 4) is 0 Å². The molecule has 1 saturated carbocycles. The molecule has 2 heterocycles. The van der Waals surface area contributed by atoms with Gasteiger partial charge in [-0.1, -0.05) is 18.2 Å². The van der Waals surface area contributed by atoms with Crippen molar-refractivity contribution >= 4 is 28.3 Å². The molecule has 4 rings (SSSR count). The number of aromatic amines is 1. The quantitative estimate of drug-likeness (QED) is 0.556. The van der Waals surface area contributed by atoms with Gasteiger partial charge < -0.3 is 16.0 Å². The molecular formula is C17H18N6. The van der Waals surface area contributed by atoms with Crippen molar-refractivity contribution in [3.63, 3.8) is 0 Å². The molecule has 0 spiro atoms. The smallest absolute Gasteiger partial charge is 0.141 e. The number of anilines is 2. The Balaban J connectivity index is 1.74. The van der Waals surface area contributed by atoms with Gasteiger partial charge in [0.2, 0.25) is 0 Å². The lowest BCUT2D eigenvalue weighted by Gasteiger charge is -2.28. The first kappa shape index (κ1) is 13.8. The predicted molar refractivity (Wildman–Crippen MR) is 91.9 cm³/mol. The third-order valence-electron chi connectivity index (χ3n) is 4.37. The van der Waals surface area contributed by atoms with Crippen molar-refractivity contribution in [2.45, 2.75) is 25.3 Å². The number of hydrogen-bond acceptors (Lipinski definition) is 5. The van der Waals surface area contributed by atoms with Crippen LogP contribution in [0.25, 0.3) is 10.9 Å². The van der Waals surface area contributed by atoms with Gasteiger partial charge in [-0.3, -0.25) is 5.41 Å². The van der Waals surface area contributed by atoms with Crippen molar-refractivity contribution in [1.29, 1.82) is 5.41 Å². The lowest BCUT2D eigenvalue weighted by atomic mass is 9.93. The Kier molecular flexibility index (Phi) is 3.22. The van der Waals surface area contributed by atoms with Crippen molar-refractivity contribution < 1.29 is 0 Å². The number of nitrogen functional groups attached to an aromatic ring is 1. The van der Waals surface area contributed by atoms with Crippen LogP contribution in [-0.4, -0.2) is 26.7 Å². The number of H-pyrrole nitrogens is 1. The molecule has 23 heavy (non-hydrogen) atoms. The van der Waals surface area contributed by atoms with E-state index in [1.54, 1.807) is 0 Å². The molecule has 1 aliphatic carbocycles. The molecule has 0 unspecified atom stereocenters. The number of hydrogen-bond donors (Lipinski definition) is 4. The number of nitrogens with one attached hydrogen (secondary N) is 3. The summed E-state index contributed by atoms with van der Waals surface area (Å²) in [5.41, 5.74) is 8.62. The first-order valence-electron chi connectivity index (χ1n) is 7.76. The molecule has 6 nitrogen and oxygen atoms in total. The minimum Gasteiger partial charge on any atom is -0.383 e. The minimum absolute atomic E-state index is 0.307. The summed E-state index contributed by atoms with van der Waals surface area (Å²) in [4.78, 5) is 11.6. The topological polar surface area (TPSA) is 103 Å². The van der Waals surface area contributed by atoms with E-state index < -0.39 is 0 Å². The van der Waals surface area contributed by atoms with E-state index in [1.807, 2.05) is 30.3 Å². The highest BCUT2D eigenvalue weighted by atomic mass is 15.1. The Bertz CT molecular complexity index is 845. The largest absolute Gasteiger partial charge is 0.383 e. The van der Waals surface area contributed by atoms with Crippen LogP contribution < -0.4 is 11.1 Å². The summed E-state index contributed by atoms with van der Waals surface area (Å²) in [7, 11) is 0. The summed E-state index contributed by atoms with van der Waals surface area (Å²) < 4.78 is 0. The molecule has 0 atom stereocenters. The molecule has 2 aromatic heterocycles. The first-order chi connectivity index (χ1) is 11.2. The molecular weight excluding hydrogens is 288 g/mol. The molecule has 0 bridgehead atoms. The molecule has 3 aromatic rings. The molecule has 6 heteroatoms. The summed E-state index contributed by atoms with van der Waals surface area (Å²) >= 11 is 0. The van der Waals surface area contributed by atoms with Gasteiger partial charge in [-0.15, -0.1) is 0 Å². The van der Waals surface area contributed by atoms with E-state index >= 15 is 0 Å². The highest BCUT2D eigenvalue weighted by Gasteiger charge is 2.22. The lowest BCUT2D eigenvalue weighted by Crippen LogP contribution is -2.29. The summed E-state index contributed by atoms with van der Waals surface area (Å²) in [6.45, 7) is 0. The van der Waals surface area contributed by atoms with E-state index in [0.717, 1.165) is 23.7 Å². The average molecular weight is 306 g/mol. The van der Waals surface area contributed by atoms with Crippen LogP contribution in [0.2, 0.25) is 0 Å². The molecule has 1 aliphatic rings. The second kappa shape index (κ2) is 5.39. The van der Waals surface area contributed by atoms with E-state index in [9.17, 15) is 0 Å².